The fraction of sp³-hybridized carbons (Fsp3) is 0.467. The van der Waals surface area contributed by atoms with Gasteiger partial charge in [0, 0.05) is 11.8 Å². The second-order valence-electron chi connectivity index (χ2n) is 6.88. The maximum absolute atomic E-state index is 12.3. The van der Waals surface area contributed by atoms with Crippen LogP contribution < -0.4 is 0 Å². The lowest BCUT2D eigenvalue weighted by Gasteiger charge is -2.35. The van der Waals surface area contributed by atoms with Crippen LogP contribution >= 0.6 is 23.2 Å². The summed E-state index contributed by atoms with van der Waals surface area (Å²) in [6.45, 7) is 10.8. The van der Waals surface area contributed by atoms with Crippen LogP contribution in [0.4, 0.5) is 0 Å². The molecule has 130 valence electrons. The van der Waals surface area contributed by atoms with E-state index in [4.69, 9.17) is 32.0 Å². The van der Waals surface area contributed by atoms with Gasteiger partial charge in [0.15, 0.2) is 8.32 Å². The molecule has 0 amide bonds. The van der Waals surface area contributed by atoms with E-state index < -0.39 is 14.1 Å². The van der Waals surface area contributed by atoms with Crippen molar-refractivity contribution in [3.8, 4) is 0 Å². The Labute approximate surface area is 151 Å². The van der Waals surface area contributed by atoms with Gasteiger partial charge in [0.25, 0.3) is 11.7 Å². The highest BCUT2D eigenvalue weighted by atomic mass is 35.5. The van der Waals surface area contributed by atoms with E-state index in [2.05, 4.69) is 49.0 Å². The van der Waals surface area contributed by atoms with Crippen LogP contribution in [0.2, 0.25) is 28.3 Å². The Kier molecular flexibility index (Phi) is 5.49. The SMILES string of the molecule is CC(C)(C)[Si](C)(C)OCc1nnc(C(=O)c2cnc(Cl)c(Cl)c2)o1. The van der Waals surface area contributed by atoms with Crippen LogP contribution in [0.5, 0.6) is 0 Å². The standard InChI is InChI=1S/C15H19Cl2N3O3Si/c1-15(2,3)24(4,5)22-8-11-19-20-14(23-11)12(21)9-6-10(16)13(17)18-7-9/h6-7H,8H2,1-5H3. The summed E-state index contributed by atoms with van der Waals surface area (Å²) in [7, 11) is -1.94. The minimum atomic E-state index is -1.94. The van der Waals surface area contributed by atoms with Crippen molar-refractivity contribution in [1.82, 2.24) is 15.2 Å². The molecule has 0 aliphatic rings. The Morgan fingerprint density at radius 3 is 2.54 bits per heavy atom. The largest absolute Gasteiger partial charge is 0.416 e. The number of ketones is 1. The second kappa shape index (κ2) is 6.91. The van der Waals surface area contributed by atoms with Gasteiger partial charge in [-0.25, -0.2) is 4.98 Å². The quantitative estimate of drug-likeness (QED) is 0.426. The minimum Gasteiger partial charge on any atom is -0.416 e. The number of carbonyl (C=O) groups excluding carboxylic acids is 1. The van der Waals surface area contributed by atoms with Crippen molar-refractivity contribution >= 4 is 37.3 Å². The van der Waals surface area contributed by atoms with Crippen LogP contribution in [0, 0.1) is 0 Å². The van der Waals surface area contributed by atoms with Crippen molar-refractivity contribution < 1.29 is 13.6 Å². The molecule has 2 heterocycles. The molecule has 2 aromatic heterocycles. The smallest absolute Gasteiger partial charge is 0.289 e. The third kappa shape index (κ3) is 4.21. The molecule has 2 rings (SSSR count). The molecule has 9 heteroatoms. The van der Waals surface area contributed by atoms with Crippen molar-refractivity contribution in [3.05, 3.63) is 39.8 Å². The van der Waals surface area contributed by atoms with Crippen LogP contribution in [0.25, 0.3) is 0 Å². The van der Waals surface area contributed by atoms with Crippen molar-refractivity contribution in [2.24, 2.45) is 0 Å². The van der Waals surface area contributed by atoms with Gasteiger partial charge in [-0.1, -0.05) is 44.0 Å². The van der Waals surface area contributed by atoms with Gasteiger partial charge in [-0.05, 0) is 24.2 Å². The number of hydrogen-bond acceptors (Lipinski definition) is 6. The molecular weight excluding hydrogens is 369 g/mol. The molecule has 0 saturated heterocycles. The fourth-order valence-electron chi connectivity index (χ4n) is 1.53. The zero-order chi connectivity index (χ0) is 18.1. The van der Waals surface area contributed by atoms with Crippen molar-refractivity contribution in [1.29, 1.82) is 0 Å². The van der Waals surface area contributed by atoms with Gasteiger partial charge in [-0.2, -0.15) is 0 Å². The molecule has 2 aromatic rings. The Bertz CT molecular complexity index is 757. The van der Waals surface area contributed by atoms with E-state index in [-0.39, 0.29) is 39.2 Å². The van der Waals surface area contributed by atoms with Crippen molar-refractivity contribution in [3.63, 3.8) is 0 Å². The van der Waals surface area contributed by atoms with Gasteiger partial charge >= 0.3 is 0 Å². The van der Waals surface area contributed by atoms with Crippen LogP contribution in [-0.2, 0) is 11.0 Å². The number of rotatable bonds is 5. The molecule has 0 saturated carbocycles. The zero-order valence-electron chi connectivity index (χ0n) is 14.2. The predicted octanol–water partition coefficient (Wildman–Crippen LogP) is 4.52. The lowest BCUT2D eigenvalue weighted by atomic mass is 10.2. The van der Waals surface area contributed by atoms with Crippen molar-refractivity contribution in [2.75, 3.05) is 0 Å². The molecule has 0 bridgehead atoms. The molecule has 0 N–H and O–H groups in total. The second-order valence-corrected chi connectivity index (χ2v) is 12.5. The first-order valence-corrected chi connectivity index (χ1v) is 11.0. The first-order chi connectivity index (χ1) is 11.0. The van der Waals surface area contributed by atoms with Crippen molar-refractivity contribution in [2.45, 2.75) is 45.5 Å². The summed E-state index contributed by atoms with van der Waals surface area (Å²) in [6.07, 6.45) is 1.31. The lowest BCUT2D eigenvalue weighted by molar-refractivity contribution is 0.0998. The van der Waals surface area contributed by atoms with Gasteiger partial charge < -0.3 is 8.84 Å². The summed E-state index contributed by atoms with van der Waals surface area (Å²) in [6, 6.07) is 1.41. The maximum atomic E-state index is 12.3. The maximum Gasteiger partial charge on any atom is 0.289 e. The number of aromatic nitrogens is 3. The Morgan fingerprint density at radius 1 is 1.29 bits per heavy atom. The molecule has 0 radical (unpaired) electrons. The normalized spacial score (nSPS) is 12.5. The summed E-state index contributed by atoms with van der Waals surface area (Å²) in [5.74, 6) is -0.340. The van der Waals surface area contributed by atoms with Crippen LogP contribution in [0.15, 0.2) is 16.7 Å². The van der Waals surface area contributed by atoms with E-state index >= 15 is 0 Å². The van der Waals surface area contributed by atoms with E-state index in [1.54, 1.807) is 0 Å². The van der Waals surface area contributed by atoms with E-state index in [1.807, 2.05) is 0 Å². The fourth-order valence-corrected chi connectivity index (χ4v) is 2.72. The molecule has 24 heavy (non-hydrogen) atoms. The number of halogens is 2. The van der Waals surface area contributed by atoms with Crippen LogP contribution in [0.3, 0.4) is 0 Å². The van der Waals surface area contributed by atoms with E-state index in [0.717, 1.165) is 0 Å². The number of carbonyl (C=O) groups is 1. The molecule has 0 aliphatic heterocycles. The molecule has 0 aliphatic carbocycles. The zero-order valence-corrected chi connectivity index (χ0v) is 16.7. The monoisotopic (exact) mass is 387 g/mol. The first-order valence-electron chi connectivity index (χ1n) is 7.33. The van der Waals surface area contributed by atoms with Gasteiger partial charge in [0.1, 0.15) is 11.8 Å². The molecular formula is C15H19Cl2N3O3Si. The van der Waals surface area contributed by atoms with Gasteiger partial charge in [-0.3, -0.25) is 4.79 Å². The molecule has 0 unspecified atom stereocenters. The Hall–Kier alpha value is -1.28. The Morgan fingerprint density at radius 2 is 1.96 bits per heavy atom. The molecule has 0 spiro atoms. The van der Waals surface area contributed by atoms with E-state index in [1.165, 1.54) is 12.3 Å². The highest BCUT2D eigenvalue weighted by Crippen LogP contribution is 2.37. The van der Waals surface area contributed by atoms with Gasteiger partial charge in [-0.15, -0.1) is 10.2 Å². The van der Waals surface area contributed by atoms with Gasteiger partial charge in [0.2, 0.25) is 5.89 Å². The topological polar surface area (TPSA) is 78.1 Å². The molecule has 0 fully saturated rings. The summed E-state index contributed by atoms with van der Waals surface area (Å²) in [5, 5.41) is 8.02. The van der Waals surface area contributed by atoms with Crippen LogP contribution in [0.1, 0.15) is 42.9 Å². The average Bonchev–Trinajstić information content (AvgIpc) is 2.95. The minimum absolute atomic E-state index is 0.0669. The predicted molar refractivity (Wildman–Crippen MR) is 94.0 cm³/mol. The third-order valence-electron chi connectivity index (χ3n) is 4.08. The van der Waals surface area contributed by atoms with Gasteiger partial charge in [0.05, 0.1) is 5.02 Å². The summed E-state index contributed by atoms with van der Waals surface area (Å²) in [4.78, 5) is 16.1. The summed E-state index contributed by atoms with van der Waals surface area (Å²) < 4.78 is 11.4. The average molecular weight is 388 g/mol. The summed E-state index contributed by atoms with van der Waals surface area (Å²) >= 11 is 11.6. The van der Waals surface area contributed by atoms with E-state index in [0.29, 0.717) is 0 Å². The number of nitrogens with zero attached hydrogens (tertiary/aromatic N) is 3. The highest BCUT2D eigenvalue weighted by Gasteiger charge is 2.37. The number of hydrogen-bond donors (Lipinski definition) is 0. The molecule has 6 nitrogen and oxygen atoms in total. The first kappa shape index (κ1) is 19.0. The summed E-state index contributed by atoms with van der Waals surface area (Å²) in [5.41, 5.74) is 0.227. The highest BCUT2D eigenvalue weighted by molar-refractivity contribution is 6.74. The van der Waals surface area contributed by atoms with Crippen LogP contribution in [-0.4, -0.2) is 29.3 Å². The molecule has 0 aromatic carbocycles. The van der Waals surface area contributed by atoms with E-state index in [9.17, 15) is 4.79 Å². The lowest BCUT2D eigenvalue weighted by Crippen LogP contribution is -2.40. The third-order valence-corrected chi connectivity index (χ3v) is 9.25. The number of pyridine rings is 1. The Balaban J connectivity index is 2.10. The molecule has 0 atom stereocenters.